The number of aryl methyl sites for hydroxylation is 1. The summed E-state index contributed by atoms with van der Waals surface area (Å²) in [5.41, 5.74) is 2.67. The van der Waals surface area contributed by atoms with Crippen LogP contribution < -0.4 is 28.4 Å². The Bertz CT molecular complexity index is 1720. The van der Waals surface area contributed by atoms with Crippen LogP contribution in [0.5, 0.6) is 34.5 Å². The van der Waals surface area contributed by atoms with E-state index in [2.05, 4.69) is 0 Å². The van der Waals surface area contributed by atoms with Crippen molar-refractivity contribution in [1.29, 1.82) is 0 Å². The van der Waals surface area contributed by atoms with Crippen molar-refractivity contribution in [2.24, 2.45) is 5.92 Å². The van der Waals surface area contributed by atoms with Gasteiger partial charge in [-0.15, -0.1) is 0 Å². The van der Waals surface area contributed by atoms with Crippen molar-refractivity contribution in [1.82, 2.24) is 4.90 Å². The first-order valence-electron chi connectivity index (χ1n) is 19.4. The molecular weight excluding hydrogens is 686 g/mol. The molecule has 0 spiro atoms. The quantitative estimate of drug-likeness (QED) is 0.166. The van der Waals surface area contributed by atoms with Crippen molar-refractivity contribution in [3.8, 4) is 34.5 Å². The Morgan fingerprint density at radius 3 is 2.20 bits per heavy atom. The van der Waals surface area contributed by atoms with Crippen LogP contribution >= 0.6 is 0 Å². The fourth-order valence-corrected chi connectivity index (χ4v) is 8.14. The van der Waals surface area contributed by atoms with Crippen LogP contribution in [0.3, 0.4) is 0 Å². The maximum Gasteiger partial charge on any atom is 0.329 e. The highest BCUT2D eigenvalue weighted by Gasteiger charge is 2.41. The van der Waals surface area contributed by atoms with Gasteiger partial charge in [0.1, 0.15) is 24.5 Å². The first-order chi connectivity index (χ1) is 26.4. The second-order valence-corrected chi connectivity index (χ2v) is 14.3. The highest BCUT2D eigenvalue weighted by molar-refractivity contribution is 5.89. The van der Waals surface area contributed by atoms with E-state index in [9.17, 15) is 4.79 Å². The van der Waals surface area contributed by atoms with Crippen molar-refractivity contribution >= 4 is 11.9 Å². The van der Waals surface area contributed by atoms with E-state index in [0.29, 0.717) is 79.9 Å². The number of amides is 1. The number of methoxy groups -OCH3 is 4. The van der Waals surface area contributed by atoms with Gasteiger partial charge in [-0.05, 0) is 110 Å². The topological polar surface area (TPSA) is 102 Å². The Balaban J connectivity index is 1.37. The van der Waals surface area contributed by atoms with Gasteiger partial charge < -0.3 is 38.1 Å². The molecule has 4 aliphatic rings. The molecule has 3 aromatic rings. The number of piperidine rings is 1. The lowest BCUT2D eigenvalue weighted by Gasteiger charge is -2.40. The number of benzene rings is 3. The first-order valence-corrected chi connectivity index (χ1v) is 19.4. The normalized spacial score (nSPS) is 22.1. The van der Waals surface area contributed by atoms with Gasteiger partial charge in [-0.25, -0.2) is 4.79 Å². The predicted octanol–water partition coefficient (Wildman–Crippen LogP) is 8.40. The summed E-state index contributed by atoms with van der Waals surface area (Å²) in [4.78, 5) is 31.3. The number of carbonyl (C=O) groups is 2. The lowest BCUT2D eigenvalue weighted by Crippen LogP contribution is -2.51. The molecule has 10 heteroatoms. The molecule has 1 saturated heterocycles. The Morgan fingerprint density at radius 2 is 1.46 bits per heavy atom. The molecule has 10 nitrogen and oxygen atoms in total. The predicted molar refractivity (Wildman–Crippen MR) is 206 cm³/mol. The number of fused-ring (bicyclic) bond motifs is 10. The van der Waals surface area contributed by atoms with Crippen LogP contribution in [-0.4, -0.2) is 71.0 Å². The number of ether oxygens (including phenoxy) is 7. The lowest BCUT2D eigenvalue weighted by molar-refractivity contribution is -0.163. The number of nitrogens with zero attached hydrogens (tertiary/aromatic N) is 1. The summed E-state index contributed by atoms with van der Waals surface area (Å²) in [6.45, 7) is 1.26. The first kappa shape index (κ1) is 38.9. The zero-order chi connectivity index (χ0) is 37.9. The molecule has 0 unspecified atom stereocenters. The van der Waals surface area contributed by atoms with Gasteiger partial charge in [0.15, 0.2) is 23.0 Å². The second-order valence-electron chi connectivity index (χ2n) is 14.3. The molecular formula is C44H55NO9. The maximum atomic E-state index is 15.0. The van der Waals surface area contributed by atoms with Crippen molar-refractivity contribution in [3.05, 3.63) is 83.4 Å². The van der Waals surface area contributed by atoms with Crippen molar-refractivity contribution < 1.29 is 42.7 Å². The fraction of sp³-hybridized carbons (Fsp3) is 0.500. The summed E-state index contributed by atoms with van der Waals surface area (Å²) in [7, 11) is 6.44. The molecule has 290 valence electrons. The van der Waals surface area contributed by atoms with E-state index in [4.69, 9.17) is 33.2 Å². The van der Waals surface area contributed by atoms with Gasteiger partial charge in [0.25, 0.3) is 0 Å². The molecule has 3 heterocycles. The maximum absolute atomic E-state index is 15.0. The minimum Gasteiger partial charge on any atom is -0.493 e. The average Bonchev–Trinajstić information content (AvgIpc) is 3.22. The average molecular weight is 742 g/mol. The number of esters is 1. The van der Waals surface area contributed by atoms with Crippen LogP contribution in [0.15, 0.2) is 66.7 Å². The van der Waals surface area contributed by atoms with Crippen LogP contribution in [-0.2, 0) is 20.7 Å². The van der Waals surface area contributed by atoms with E-state index in [-0.39, 0.29) is 17.8 Å². The largest absolute Gasteiger partial charge is 0.493 e. The van der Waals surface area contributed by atoms with E-state index in [0.717, 1.165) is 61.6 Å². The summed E-state index contributed by atoms with van der Waals surface area (Å²) < 4.78 is 41.5. The zero-order valence-electron chi connectivity index (χ0n) is 32.2. The molecule has 1 aliphatic carbocycles. The van der Waals surface area contributed by atoms with E-state index < -0.39 is 18.1 Å². The van der Waals surface area contributed by atoms with Gasteiger partial charge in [-0.2, -0.15) is 0 Å². The molecule has 0 radical (unpaired) electrons. The Labute approximate surface area is 319 Å². The van der Waals surface area contributed by atoms with E-state index in [1.54, 1.807) is 33.3 Å². The summed E-state index contributed by atoms with van der Waals surface area (Å²) in [5.74, 6) is 2.72. The molecule has 3 atom stereocenters. The summed E-state index contributed by atoms with van der Waals surface area (Å²) in [6.07, 6.45) is 12.5. The number of carbonyl (C=O) groups excluding carboxylic acids is 2. The van der Waals surface area contributed by atoms with Crippen LogP contribution in [0.25, 0.3) is 0 Å². The molecule has 1 saturated carbocycles. The van der Waals surface area contributed by atoms with Crippen molar-refractivity contribution in [2.75, 3.05) is 48.2 Å². The third-order valence-electron chi connectivity index (χ3n) is 11.0. The van der Waals surface area contributed by atoms with Gasteiger partial charge in [-0.3, -0.25) is 4.79 Å². The lowest BCUT2D eigenvalue weighted by atomic mass is 9.75. The molecule has 0 aromatic heterocycles. The molecule has 3 aliphatic heterocycles. The van der Waals surface area contributed by atoms with Crippen LogP contribution in [0.1, 0.15) is 92.9 Å². The van der Waals surface area contributed by atoms with E-state index in [1.165, 1.54) is 0 Å². The molecule has 4 bridgehead atoms. The summed E-state index contributed by atoms with van der Waals surface area (Å²) in [6, 6.07) is 16.7. The van der Waals surface area contributed by atoms with Gasteiger partial charge in [0, 0.05) is 6.54 Å². The Hall–Kier alpha value is -4.86. The molecule has 3 aromatic carbocycles. The second kappa shape index (κ2) is 18.9. The van der Waals surface area contributed by atoms with Crippen LogP contribution in [0.4, 0.5) is 0 Å². The summed E-state index contributed by atoms with van der Waals surface area (Å²) >= 11 is 0. The summed E-state index contributed by atoms with van der Waals surface area (Å²) in [5, 5.41) is 0. The van der Waals surface area contributed by atoms with Gasteiger partial charge in [0.05, 0.1) is 41.0 Å². The Kier molecular flexibility index (Phi) is 13.6. The molecule has 1 amide bonds. The molecule has 54 heavy (non-hydrogen) atoms. The van der Waals surface area contributed by atoms with Gasteiger partial charge >= 0.3 is 5.97 Å². The smallest absolute Gasteiger partial charge is 0.329 e. The third-order valence-corrected chi connectivity index (χ3v) is 11.0. The minimum atomic E-state index is -0.703. The van der Waals surface area contributed by atoms with Gasteiger partial charge in [0.2, 0.25) is 11.7 Å². The number of hydrogen-bond donors (Lipinski definition) is 0. The standard InChI is InChI=1S/C44H55NO9/c1-48-37-22-20-30(26-38(37)49-2)19-21-36-32-16-13-17-34(27-32)52-24-11-6-12-25-53-42-39(50-3)28-33(29-40(42)51-4)41(31-14-7-5-8-15-31)43(46)45-23-10-9-18-35(45)44(47)54-36/h6,11,13,16-17,20,22,26-29,31,35-36,41H,5,7-10,12,14-15,18-19,21,23-25H2,1-4H3/b11-6-/t35-,36+,41-/m0/s1. The van der Waals surface area contributed by atoms with Crippen LogP contribution in [0, 0.1) is 5.92 Å². The van der Waals surface area contributed by atoms with Gasteiger partial charge in [-0.1, -0.05) is 49.6 Å². The van der Waals surface area contributed by atoms with Crippen molar-refractivity contribution in [2.45, 2.75) is 88.7 Å². The highest BCUT2D eigenvalue weighted by atomic mass is 16.5. The van der Waals surface area contributed by atoms with E-state index in [1.807, 2.05) is 66.7 Å². The molecule has 0 N–H and O–H groups in total. The monoisotopic (exact) mass is 741 g/mol. The number of rotatable bonds is 8. The SMILES string of the molecule is COc1ccc(CC[C@H]2OC(=O)[C@@H]3CCCCN3C(=O)[C@@H](C3CCCCC3)c3cc(OC)c(c(OC)c3)OCC/C=C\COc3cccc2c3)cc1OC. The zero-order valence-corrected chi connectivity index (χ0v) is 32.2. The van der Waals surface area contributed by atoms with Crippen molar-refractivity contribution in [3.63, 3.8) is 0 Å². The molecule has 2 fully saturated rings. The van der Waals surface area contributed by atoms with Crippen LogP contribution in [0.2, 0.25) is 0 Å². The minimum absolute atomic E-state index is 0.0466. The Morgan fingerprint density at radius 1 is 0.722 bits per heavy atom. The highest BCUT2D eigenvalue weighted by Crippen LogP contribution is 2.45. The van der Waals surface area contributed by atoms with E-state index >= 15 is 4.79 Å². The molecule has 7 rings (SSSR count). The third kappa shape index (κ3) is 9.25. The fourth-order valence-electron chi connectivity index (χ4n) is 8.14. The number of hydrogen-bond acceptors (Lipinski definition) is 9.